The molecule has 6 heteroatoms. The van der Waals surface area contributed by atoms with Gasteiger partial charge in [0.1, 0.15) is 11.5 Å². The van der Waals surface area contributed by atoms with Crippen molar-refractivity contribution in [3.8, 4) is 5.75 Å². The molecule has 4 rings (SSSR count). The van der Waals surface area contributed by atoms with Gasteiger partial charge < -0.3 is 19.6 Å². The van der Waals surface area contributed by atoms with Gasteiger partial charge in [-0.1, -0.05) is 35.9 Å². The van der Waals surface area contributed by atoms with Crippen LogP contribution in [0.4, 0.5) is 5.69 Å². The third kappa shape index (κ3) is 5.30. The first-order valence-corrected chi connectivity index (χ1v) is 13.2. The molecule has 1 amide bonds. The van der Waals surface area contributed by atoms with Gasteiger partial charge in [0.2, 0.25) is 0 Å². The van der Waals surface area contributed by atoms with Crippen molar-refractivity contribution in [2.75, 3.05) is 24.6 Å². The van der Waals surface area contributed by atoms with Crippen LogP contribution in [0.25, 0.3) is 5.76 Å². The van der Waals surface area contributed by atoms with Crippen molar-refractivity contribution in [3.63, 3.8) is 0 Å². The average Bonchev–Trinajstić information content (AvgIpc) is 3.17. The summed E-state index contributed by atoms with van der Waals surface area (Å²) in [5.41, 5.74) is 5.49. The Labute approximate surface area is 225 Å². The molecule has 0 spiro atoms. The number of aliphatic hydroxyl groups is 1. The fourth-order valence-electron chi connectivity index (χ4n) is 5.03. The number of aliphatic hydroxyl groups excluding tert-OH is 1. The molecule has 1 saturated heterocycles. The average molecular weight is 513 g/mol. The molecule has 1 aliphatic rings. The number of hydrogen-bond donors (Lipinski definition) is 1. The summed E-state index contributed by atoms with van der Waals surface area (Å²) in [5.74, 6) is -0.814. The van der Waals surface area contributed by atoms with Gasteiger partial charge in [0, 0.05) is 30.9 Å². The number of ketones is 1. The SMILES string of the molecule is CCOc1ccc(/C(O)=C2/C(=O)C(=O)N(Cc3cc(C)ccc3C)C2c2ccc(N(CC)CC)cc2)cc1. The number of benzene rings is 3. The van der Waals surface area contributed by atoms with Crippen LogP contribution in [-0.4, -0.2) is 41.4 Å². The Morgan fingerprint density at radius 3 is 2.18 bits per heavy atom. The molecule has 0 bridgehead atoms. The number of likely N-dealkylation sites (tertiary alicyclic amines) is 1. The highest BCUT2D eigenvalue weighted by Crippen LogP contribution is 2.41. The highest BCUT2D eigenvalue weighted by atomic mass is 16.5. The highest BCUT2D eigenvalue weighted by Gasteiger charge is 2.46. The van der Waals surface area contributed by atoms with Crippen molar-refractivity contribution in [2.24, 2.45) is 0 Å². The lowest BCUT2D eigenvalue weighted by atomic mass is 9.94. The molecule has 1 fully saturated rings. The van der Waals surface area contributed by atoms with Gasteiger partial charge in [-0.2, -0.15) is 0 Å². The molecule has 1 aliphatic heterocycles. The van der Waals surface area contributed by atoms with Crippen LogP contribution in [0.15, 0.2) is 72.3 Å². The smallest absolute Gasteiger partial charge is 0.295 e. The molecular weight excluding hydrogens is 476 g/mol. The number of aryl methyl sites for hydroxylation is 2. The predicted molar refractivity (Wildman–Crippen MR) is 151 cm³/mol. The van der Waals surface area contributed by atoms with Crippen LogP contribution in [0.1, 0.15) is 54.6 Å². The molecule has 0 radical (unpaired) electrons. The van der Waals surface area contributed by atoms with Crippen LogP contribution in [0.3, 0.4) is 0 Å². The second kappa shape index (κ2) is 11.5. The topological polar surface area (TPSA) is 70.1 Å². The monoisotopic (exact) mass is 512 g/mol. The van der Waals surface area contributed by atoms with Gasteiger partial charge in [0.15, 0.2) is 0 Å². The minimum absolute atomic E-state index is 0.0973. The summed E-state index contributed by atoms with van der Waals surface area (Å²) in [6.45, 7) is 12.7. The Balaban J connectivity index is 1.83. The molecule has 198 valence electrons. The van der Waals surface area contributed by atoms with Gasteiger partial charge in [-0.15, -0.1) is 0 Å². The Bertz CT molecular complexity index is 1340. The lowest BCUT2D eigenvalue weighted by molar-refractivity contribution is -0.140. The van der Waals surface area contributed by atoms with E-state index in [1.165, 1.54) is 0 Å². The Morgan fingerprint density at radius 1 is 0.921 bits per heavy atom. The molecule has 3 aromatic rings. The van der Waals surface area contributed by atoms with Crippen molar-refractivity contribution in [1.29, 1.82) is 0 Å². The number of hydrogen-bond acceptors (Lipinski definition) is 5. The zero-order valence-electron chi connectivity index (χ0n) is 22.8. The van der Waals surface area contributed by atoms with Gasteiger partial charge in [-0.05, 0) is 87.7 Å². The Morgan fingerprint density at radius 2 is 1.58 bits per heavy atom. The number of Topliss-reactive ketones (excluding diaryl/α,β-unsaturated/α-hetero) is 1. The maximum absolute atomic E-state index is 13.5. The highest BCUT2D eigenvalue weighted by molar-refractivity contribution is 6.46. The minimum Gasteiger partial charge on any atom is -0.507 e. The number of nitrogens with zero attached hydrogens (tertiary/aromatic N) is 2. The van der Waals surface area contributed by atoms with Gasteiger partial charge in [-0.3, -0.25) is 9.59 Å². The Kier molecular flexibility index (Phi) is 8.20. The van der Waals surface area contributed by atoms with Crippen molar-refractivity contribution < 1.29 is 19.4 Å². The van der Waals surface area contributed by atoms with E-state index in [4.69, 9.17) is 4.74 Å². The van der Waals surface area contributed by atoms with E-state index in [0.717, 1.165) is 41.0 Å². The Hall–Kier alpha value is -4.06. The quantitative estimate of drug-likeness (QED) is 0.211. The summed E-state index contributed by atoms with van der Waals surface area (Å²) in [4.78, 5) is 30.7. The van der Waals surface area contributed by atoms with Crippen molar-refractivity contribution in [2.45, 2.75) is 47.2 Å². The fraction of sp³-hybridized carbons (Fsp3) is 0.312. The first-order valence-electron chi connectivity index (χ1n) is 13.2. The van der Waals surface area contributed by atoms with E-state index in [-0.39, 0.29) is 17.9 Å². The minimum atomic E-state index is -0.716. The van der Waals surface area contributed by atoms with Crippen molar-refractivity contribution in [3.05, 3.63) is 100 Å². The molecule has 3 aromatic carbocycles. The van der Waals surface area contributed by atoms with Crippen molar-refractivity contribution in [1.82, 2.24) is 4.90 Å². The van der Waals surface area contributed by atoms with Gasteiger partial charge in [0.25, 0.3) is 11.7 Å². The van der Waals surface area contributed by atoms with E-state index in [9.17, 15) is 14.7 Å². The summed E-state index contributed by atoms with van der Waals surface area (Å²) in [6, 6.07) is 20.2. The maximum atomic E-state index is 13.5. The number of anilines is 1. The normalized spacial score (nSPS) is 16.7. The fourth-order valence-corrected chi connectivity index (χ4v) is 5.03. The molecule has 0 saturated carbocycles. The second-order valence-corrected chi connectivity index (χ2v) is 9.58. The summed E-state index contributed by atoms with van der Waals surface area (Å²) < 4.78 is 5.52. The van der Waals surface area contributed by atoms with Crippen LogP contribution in [-0.2, 0) is 16.1 Å². The zero-order valence-corrected chi connectivity index (χ0v) is 22.8. The van der Waals surface area contributed by atoms with Crippen LogP contribution in [0, 0.1) is 13.8 Å². The van der Waals surface area contributed by atoms with Crippen LogP contribution < -0.4 is 9.64 Å². The van der Waals surface area contributed by atoms with Crippen LogP contribution in [0.5, 0.6) is 5.75 Å². The van der Waals surface area contributed by atoms with E-state index in [1.807, 2.05) is 63.2 Å². The maximum Gasteiger partial charge on any atom is 0.295 e. The van der Waals surface area contributed by atoms with E-state index >= 15 is 0 Å². The lowest BCUT2D eigenvalue weighted by Crippen LogP contribution is -2.29. The number of carbonyl (C=O) groups excluding carboxylic acids is 2. The molecular formula is C32H36N2O4. The van der Waals surface area contributed by atoms with E-state index < -0.39 is 17.7 Å². The van der Waals surface area contributed by atoms with Crippen molar-refractivity contribution >= 4 is 23.1 Å². The second-order valence-electron chi connectivity index (χ2n) is 9.58. The summed E-state index contributed by atoms with van der Waals surface area (Å²) in [5, 5.41) is 11.4. The third-order valence-corrected chi connectivity index (χ3v) is 7.16. The number of amides is 1. The first kappa shape index (κ1) is 27.0. The molecule has 1 atom stereocenters. The molecule has 1 heterocycles. The third-order valence-electron chi connectivity index (χ3n) is 7.16. The number of rotatable bonds is 9. The molecule has 6 nitrogen and oxygen atoms in total. The van der Waals surface area contributed by atoms with E-state index in [0.29, 0.717) is 17.9 Å². The summed E-state index contributed by atoms with van der Waals surface area (Å²) >= 11 is 0. The van der Waals surface area contributed by atoms with Crippen LogP contribution in [0.2, 0.25) is 0 Å². The van der Waals surface area contributed by atoms with E-state index in [1.54, 1.807) is 29.2 Å². The van der Waals surface area contributed by atoms with E-state index in [2.05, 4.69) is 18.7 Å². The summed E-state index contributed by atoms with van der Waals surface area (Å²) in [7, 11) is 0. The lowest BCUT2D eigenvalue weighted by Gasteiger charge is -2.27. The molecule has 0 aliphatic carbocycles. The van der Waals surface area contributed by atoms with Gasteiger partial charge in [-0.25, -0.2) is 0 Å². The molecule has 38 heavy (non-hydrogen) atoms. The molecule has 0 aromatic heterocycles. The zero-order chi connectivity index (χ0) is 27.4. The predicted octanol–water partition coefficient (Wildman–Crippen LogP) is 6.17. The van der Waals surface area contributed by atoms with Gasteiger partial charge >= 0.3 is 0 Å². The number of carbonyl (C=O) groups is 2. The molecule has 1 N–H and O–H groups in total. The van der Waals surface area contributed by atoms with Gasteiger partial charge in [0.05, 0.1) is 18.2 Å². The number of ether oxygens (including phenoxy) is 1. The largest absolute Gasteiger partial charge is 0.507 e. The van der Waals surface area contributed by atoms with Crippen LogP contribution >= 0.6 is 0 Å². The molecule has 1 unspecified atom stereocenters. The summed E-state index contributed by atoms with van der Waals surface area (Å²) in [6.07, 6.45) is 0. The standard InChI is InChI=1S/C32H36N2O4/c1-6-33(7-2)26-15-11-23(12-16-26)29-28(30(35)24-13-17-27(18-14-24)38-8-3)31(36)32(37)34(29)20-25-19-21(4)9-10-22(25)5/h9-19,29,35H,6-8,20H2,1-5H3/b30-28-. The first-order chi connectivity index (χ1) is 18.3.